The molecule has 0 aliphatic carbocycles. The van der Waals surface area contributed by atoms with Crippen LogP contribution in [0, 0.1) is 0 Å². The fourth-order valence-electron chi connectivity index (χ4n) is 2.25. The van der Waals surface area contributed by atoms with Gasteiger partial charge in [-0.2, -0.15) is 0 Å². The van der Waals surface area contributed by atoms with Gasteiger partial charge >= 0.3 is 0 Å². The number of benzene rings is 1. The van der Waals surface area contributed by atoms with Gasteiger partial charge in [-0.15, -0.1) is 0 Å². The molecule has 1 aliphatic rings. The first kappa shape index (κ1) is 15.8. The number of nitrogens with zero attached hydrogens (tertiary/aromatic N) is 1. The van der Waals surface area contributed by atoms with E-state index in [9.17, 15) is 4.79 Å². The van der Waals surface area contributed by atoms with Crippen molar-refractivity contribution in [3.63, 3.8) is 0 Å². The van der Waals surface area contributed by atoms with Gasteiger partial charge in [0.1, 0.15) is 12.4 Å². The molecule has 0 spiro atoms. The van der Waals surface area contributed by atoms with E-state index in [4.69, 9.17) is 15.2 Å². The number of carbonyl (C=O) groups excluding carboxylic acids is 1. The zero-order valence-electron chi connectivity index (χ0n) is 12.7. The van der Waals surface area contributed by atoms with Gasteiger partial charge in [-0.1, -0.05) is 6.07 Å². The second-order valence-corrected chi connectivity index (χ2v) is 5.47. The van der Waals surface area contributed by atoms with Gasteiger partial charge in [-0.05, 0) is 38.0 Å². The molecule has 1 aliphatic heterocycles. The molecule has 1 saturated heterocycles. The van der Waals surface area contributed by atoms with Crippen LogP contribution in [0.15, 0.2) is 24.3 Å². The second-order valence-electron chi connectivity index (χ2n) is 5.47. The lowest BCUT2D eigenvalue weighted by molar-refractivity contribution is 0.0677. The Kier molecular flexibility index (Phi) is 5.59. The molecule has 2 atom stereocenters. The van der Waals surface area contributed by atoms with E-state index in [1.807, 2.05) is 19.1 Å². The molecule has 2 unspecified atom stereocenters. The van der Waals surface area contributed by atoms with E-state index >= 15 is 0 Å². The van der Waals surface area contributed by atoms with E-state index in [0.717, 1.165) is 19.4 Å². The molecule has 21 heavy (non-hydrogen) atoms. The van der Waals surface area contributed by atoms with Gasteiger partial charge in [-0.3, -0.25) is 4.79 Å². The Morgan fingerprint density at radius 2 is 2.38 bits per heavy atom. The van der Waals surface area contributed by atoms with E-state index in [1.54, 1.807) is 24.1 Å². The predicted molar refractivity (Wildman–Crippen MR) is 81.5 cm³/mol. The highest BCUT2D eigenvalue weighted by Crippen LogP contribution is 2.18. The third-order valence-corrected chi connectivity index (χ3v) is 3.86. The summed E-state index contributed by atoms with van der Waals surface area (Å²) in [5, 5.41) is 0. The number of nitrogens with two attached hydrogens (primary N) is 1. The molecule has 1 aromatic carbocycles. The van der Waals surface area contributed by atoms with Crippen LogP contribution in [0.4, 0.5) is 0 Å². The van der Waals surface area contributed by atoms with Crippen LogP contribution in [-0.2, 0) is 4.74 Å². The first-order valence-corrected chi connectivity index (χ1v) is 7.43. The summed E-state index contributed by atoms with van der Waals surface area (Å²) >= 11 is 0. The topological polar surface area (TPSA) is 64.8 Å². The summed E-state index contributed by atoms with van der Waals surface area (Å²) in [5.74, 6) is 0.653. The van der Waals surface area contributed by atoms with Gasteiger partial charge in [0.2, 0.25) is 0 Å². The Hall–Kier alpha value is -1.59. The first-order chi connectivity index (χ1) is 10.1. The van der Waals surface area contributed by atoms with Crippen molar-refractivity contribution in [3.05, 3.63) is 29.8 Å². The standard InChI is InChI=1S/C16H24N2O3/c1-12(10-17)18(2)16(19)13-5-3-6-14(9-13)21-11-15-7-4-8-20-15/h3,5-6,9,12,15H,4,7-8,10-11,17H2,1-2H3. The number of hydrogen-bond acceptors (Lipinski definition) is 4. The minimum absolute atomic E-state index is 0.00830. The Balaban J connectivity index is 1.97. The van der Waals surface area contributed by atoms with E-state index in [0.29, 0.717) is 24.5 Å². The van der Waals surface area contributed by atoms with Crippen LogP contribution in [0.3, 0.4) is 0 Å². The fraction of sp³-hybridized carbons (Fsp3) is 0.562. The summed E-state index contributed by atoms with van der Waals surface area (Å²) in [6.45, 7) is 3.72. The third-order valence-electron chi connectivity index (χ3n) is 3.86. The summed E-state index contributed by atoms with van der Waals surface area (Å²) < 4.78 is 11.2. The third kappa shape index (κ3) is 4.19. The molecule has 1 aromatic rings. The molecule has 1 heterocycles. The summed E-state index contributed by atoms with van der Waals surface area (Å²) in [6, 6.07) is 7.27. The van der Waals surface area contributed by atoms with Crippen LogP contribution < -0.4 is 10.5 Å². The maximum atomic E-state index is 12.3. The average molecular weight is 292 g/mol. The molecule has 0 radical (unpaired) electrons. The van der Waals surface area contributed by atoms with Crippen LogP contribution in [0.5, 0.6) is 5.75 Å². The lowest BCUT2D eigenvalue weighted by atomic mass is 10.1. The van der Waals surface area contributed by atoms with E-state index < -0.39 is 0 Å². The maximum absolute atomic E-state index is 12.3. The van der Waals surface area contributed by atoms with Crippen molar-refractivity contribution in [2.24, 2.45) is 5.73 Å². The highest BCUT2D eigenvalue weighted by Gasteiger charge is 2.18. The van der Waals surface area contributed by atoms with Crippen LogP contribution in [0.25, 0.3) is 0 Å². The molecule has 116 valence electrons. The zero-order valence-corrected chi connectivity index (χ0v) is 12.7. The monoisotopic (exact) mass is 292 g/mol. The number of likely N-dealkylation sites (N-methyl/N-ethyl adjacent to an activating group) is 1. The van der Waals surface area contributed by atoms with Gasteiger partial charge in [0, 0.05) is 31.8 Å². The molecule has 5 nitrogen and oxygen atoms in total. The molecule has 0 bridgehead atoms. The highest BCUT2D eigenvalue weighted by atomic mass is 16.5. The predicted octanol–water partition coefficient (Wildman–Crippen LogP) is 1.66. The van der Waals surface area contributed by atoms with E-state index in [1.165, 1.54) is 0 Å². The van der Waals surface area contributed by atoms with E-state index in [-0.39, 0.29) is 18.1 Å². The van der Waals surface area contributed by atoms with Crippen LogP contribution in [0.2, 0.25) is 0 Å². The summed E-state index contributed by atoms with van der Waals surface area (Å²) in [6.07, 6.45) is 2.30. The Morgan fingerprint density at radius 3 is 3.05 bits per heavy atom. The van der Waals surface area contributed by atoms with Crippen LogP contribution >= 0.6 is 0 Å². The molecule has 5 heteroatoms. The zero-order chi connectivity index (χ0) is 15.2. The molecular formula is C16H24N2O3. The van der Waals surface area contributed by atoms with Gasteiger partial charge in [0.05, 0.1) is 6.10 Å². The Bertz CT molecular complexity index is 472. The number of amides is 1. The molecule has 1 amide bonds. The SMILES string of the molecule is CC(CN)N(C)C(=O)c1cccc(OCC2CCCO2)c1. The smallest absolute Gasteiger partial charge is 0.254 e. The van der Waals surface area contributed by atoms with Crippen molar-refractivity contribution in [3.8, 4) is 5.75 Å². The lowest BCUT2D eigenvalue weighted by Gasteiger charge is -2.23. The summed E-state index contributed by atoms with van der Waals surface area (Å²) in [4.78, 5) is 14.0. The van der Waals surface area contributed by atoms with Crippen molar-refractivity contribution in [1.29, 1.82) is 0 Å². The molecule has 0 saturated carbocycles. The average Bonchev–Trinajstić information content (AvgIpc) is 3.04. The van der Waals surface area contributed by atoms with Crippen molar-refractivity contribution < 1.29 is 14.3 Å². The first-order valence-electron chi connectivity index (χ1n) is 7.43. The number of ether oxygens (including phenoxy) is 2. The number of carbonyl (C=O) groups is 1. The largest absolute Gasteiger partial charge is 0.491 e. The van der Waals surface area contributed by atoms with E-state index in [2.05, 4.69) is 0 Å². The lowest BCUT2D eigenvalue weighted by Crippen LogP contribution is -2.39. The van der Waals surface area contributed by atoms with Gasteiger partial charge in [0.15, 0.2) is 0 Å². The van der Waals surface area contributed by atoms with Crippen LogP contribution in [-0.4, -0.2) is 49.8 Å². The Labute approximate surface area is 126 Å². The van der Waals surface area contributed by atoms with Gasteiger partial charge in [-0.25, -0.2) is 0 Å². The van der Waals surface area contributed by atoms with Crippen molar-refractivity contribution in [1.82, 2.24) is 4.90 Å². The number of hydrogen-bond donors (Lipinski definition) is 1. The summed E-state index contributed by atoms with van der Waals surface area (Å²) in [7, 11) is 1.76. The molecular weight excluding hydrogens is 268 g/mol. The quantitative estimate of drug-likeness (QED) is 0.866. The van der Waals surface area contributed by atoms with Crippen molar-refractivity contribution in [2.45, 2.75) is 31.9 Å². The number of rotatable bonds is 6. The summed E-state index contributed by atoms with van der Waals surface area (Å²) in [5.41, 5.74) is 6.22. The van der Waals surface area contributed by atoms with Crippen molar-refractivity contribution >= 4 is 5.91 Å². The minimum atomic E-state index is -0.0458. The second kappa shape index (κ2) is 7.43. The molecule has 2 rings (SSSR count). The molecule has 1 fully saturated rings. The minimum Gasteiger partial charge on any atom is -0.491 e. The molecule has 2 N–H and O–H groups in total. The Morgan fingerprint density at radius 1 is 1.57 bits per heavy atom. The van der Waals surface area contributed by atoms with Crippen molar-refractivity contribution in [2.75, 3.05) is 26.8 Å². The van der Waals surface area contributed by atoms with Crippen LogP contribution in [0.1, 0.15) is 30.1 Å². The van der Waals surface area contributed by atoms with Gasteiger partial charge < -0.3 is 20.1 Å². The normalized spacial score (nSPS) is 19.3. The highest BCUT2D eigenvalue weighted by molar-refractivity contribution is 5.94. The van der Waals surface area contributed by atoms with Gasteiger partial charge in [0.25, 0.3) is 5.91 Å². The maximum Gasteiger partial charge on any atom is 0.254 e. The fourth-order valence-corrected chi connectivity index (χ4v) is 2.25. The molecule has 0 aromatic heterocycles.